The average Bonchev–Trinajstić information content (AvgIpc) is 3.14. The molecule has 1 saturated heterocycles. The number of ether oxygens (including phenoxy) is 1. The highest BCUT2D eigenvalue weighted by Gasteiger charge is 2.31. The van der Waals surface area contributed by atoms with Crippen molar-refractivity contribution in [1.29, 1.82) is 0 Å². The van der Waals surface area contributed by atoms with Crippen LogP contribution in [0.4, 0.5) is 4.79 Å². The van der Waals surface area contributed by atoms with Crippen LogP contribution in [0.25, 0.3) is 0 Å². The van der Waals surface area contributed by atoms with Crippen LogP contribution in [-0.2, 0) is 4.74 Å². The summed E-state index contributed by atoms with van der Waals surface area (Å²) in [6.45, 7) is 6.26. The first-order valence-electron chi connectivity index (χ1n) is 6.88. The maximum atomic E-state index is 11.5. The van der Waals surface area contributed by atoms with Crippen LogP contribution in [0.3, 0.4) is 0 Å². The molecule has 2 fully saturated rings. The van der Waals surface area contributed by atoms with Gasteiger partial charge in [-0.3, -0.25) is 0 Å². The van der Waals surface area contributed by atoms with E-state index in [1.807, 2.05) is 11.8 Å². The summed E-state index contributed by atoms with van der Waals surface area (Å²) in [6.07, 6.45) is 4.72. The lowest BCUT2D eigenvalue weighted by Crippen LogP contribution is -2.47. The highest BCUT2D eigenvalue weighted by atomic mass is 16.6. The van der Waals surface area contributed by atoms with Gasteiger partial charge in [-0.2, -0.15) is 0 Å². The summed E-state index contributed by atoms with van der Waals surface area (Å²) in [5.74, 6) is 0.901. The number of hydrogen-bond acceptors (Lipinski definition) is 3. The van der Waals surface area contributed by atoms with Crippen molar-refractivity contribution in [3.63, 3.8) is 0 Å². The molecule has 17 heavy (non-hydrogen) atoms. The largest absolute Gasteiger partial charge is 0.450 e. The number of likely N-dealkylation sites (tertiary alicyclic amines) is 1. The Morgan fingerprint density at radius 2 is 2.00 bits per heavy atom. The summed E-state index contributed by atoms with van der Waals surface area (Å²) in [6, 6.07) is 1.23. The molecule has 0 radical (unpaired) electrons. The number of nitrogens with one attached hydrogen (secondary N) is 1. The number of piperidine rings is 1. The third-order valence-electron chi connectivity index (χ3n) is 3.85. The molecule has 1 atom stereocenters. The normalized spacial score (nSPS) is 23.5. The lowest BCUT2D eigenvalue weighted by molar-refractivity contribution is 0.0941. The Balaban J connectivity index is 1.68. The molecule has 1 aliphatic carbocycles. The fourth-order valence-electron chi connectivity index (χ4n) is 2.55. The molecule has 98 valence electrons. The third kappa shape index (κ3) is 3.60. The standard InChI is InChI=1S/C13H24N2O2/c1-3-17-13(16)15-8-6-12(7-9-15)14-10(2)11-4-5-11/h10-12,14H,3-9H2,1-2H3. The minimum atomic E-state index is -0.152. The van der Waals surface area contributed by atoms with Gasteiger partial charge in [0.1, 0.15) is 0 Å². The van der Waals surface area contributed by atoms with Crippen LogP contribution in [0, 0.1) is 5.92 Å². The molecule has 0 aromatic rings. The third-order valence-corrected chi connectivity index (χ3v) is 3.85. The molecule has 1 aliphatic heterocycles. The molecule has 0 bridgehead atoms. The minimum Gasteiger partial charge on any atom is -0.450 e. The van der Waals surface area contributed by atoms with Gasteiger partial charge in [0.25, 0.3) is 0 Å². The number of carbonyl (C=O) groups is 1. The second-order valence-electron chi connectivity index (χ2n) is 5.25. The van der Waals surface area contributed by atoms with Crippen LogP contribution in [0.1, 0.15) is 39.5 Å². The van der Waals surface area contributed by atoms with Crippen molar-refractivity contribution in [2.45, 2.75) is 51.6 Å². The van der Waals surface area contributed by atoms with Gasteiger partial charge in [0.05, 0.1) is 6.61 Å². The van der Waals surface area contributed by atoms with E-state index < -0.39 is 0 Å². The van der Waals surface area contributed by atoms with Gasteiger partial charge in [0.15, 0.2) is 0 Å². The molecule has 0 aromatic heterocycles. The van der Waals surface area contributed by atoms with Crippen molar-refractivity contribution in [2.75, 3.05) is 19.7 Å². The van der Waals surface area contributed by atoms with Gasteiger partial charge in [0.2, 0.25) is 0 Å². The maximum absolute atomic E-state index is 11.5. The second-order valence-corrected chi connectivity index (χ2v) is 5.25. The minimum absolute atomic E-state index is 0.152. The lowest BCUT2D eigenvalue weighted by Gasteiger charge is -2.33. The van der Waals surface area contributed by atoms with Gasteiger partial charge in [-0.15, -0.1) is 0 Å². The van der Waals surface area contributed by atoms with Crippen LogP contribution in [-0.4, -0.2) is 42.8 Å². The molecule has 0 aromatic carbocycles. The van der Waals surface area contributed by atoms with E-state index in [1.54, 1.807) is 0 Å². The predicted octanol–water partition coefficient (Wildman–Crippen LogP) is 2.00. The van der Waals surface area contributed by atoms with Crippen molar-refractivity contribution >= 4 is 6.09 Å². The van der Waals surface area contributed by atoms with Crippen LogP contribution in [0.15, 0.2) is 0 Å². The van der Waals surface area contributed by atoms with Crippen molar-refractivity contribution < 1.29 is 9.53 Å². The summed E-state index contributed by atoms with van der Waals surface area (Å²) < 4.78 is 5.01. The zero-order valence-corrected chi connectivity index (χ0v) is 10.9. The van der Waals surface area contributed by atoms with E-state index in [9.17, 15) is 4.79 Å². The van der Waals surface area contributed by atoms with Crippen molar-refractivity contribution in [3.05, 3.63) is 0 Å². The summed E-state index contributed by atoms with van der Waals surface area (Å²) in [7, 11) is 0. The molecular weight excluding hydrogens is 216 g/mol. The predicted molar refractivity (Wildman–Crippen MR) is 66.9 cm³/mol. The molecule has 2 aliphatic rings. The van der Waals surface area contributed by atoms with E-state index in [-0.39, 0.29) is 6.09 Å². The van der Waals surface area contributed by atoms with Crippen LogP contribution < -0.4 is 5.32 Å². The molecule has 1 heterocycles. The SMILES string of the molecule is CCOC(=O)N1CCC(NC(C)C2CC2)CC1. The fourth-order valence-corrected chi connectivity index (χ4v) is 2.55. The Morgan fingerprint density at radius 1 is 1.35 bits per heavy atom. The first-order chi connectivity index (χ1) is 8.20. The molecule has 4 heteroatoms. The molecule has 1 N–H and O–H groups in total. The average molecular weight is 240 g/mol. The smallest absolute Gasteiger partial charge is 0.409 e. The van der Waals surface area contributed by atoms with Crippen molar-refractivity contribution in [2.24, 2.45) is 5.92 Å². The molecule has 2 rings (SSSR count). The van der Waals surface area contributed by atoms with E-state index in [1.165, 1.54) is 12.8 Å². The van der Waals surface area contributed by atoms with Gasteiger partial charge in [-0.05, 0) is 45.4 Å². The zero-order valence-electron chi connectivity index (χ0n) is 10.9. The topological polar surface area (TPSA) is 41.6 Å². The Hall–Kier alpha value is -0.770. The molecule has 1 unspecified atom stereocenters. The Labute approximate surface area is 104 Å². The molecule has 1 amide bonds. The quantitative estimate of drug-likeness (QED) is 0.817. The Bertz CT molecular complexity index is 258. The van der Waals surface area contributed by atoms with Crippen LogP contribution in [0.2, 0.25) is 0 Å². The van der Waals surface area contributed by atoms with Crippen molar-refractivity contribution in [3.8, 4) is 0 Å². The van der Waals surface area contributed by atoms with Gasteiger partial charge >= 0.3 is 6.09 Å². The maximum Gasteiger partial charge on any atom is 0.409 e. The Morgan fingerprint density at radius 3 is 2.53 bits per heavy atom. The highest BCUT2D eigenvalue weighted by Crippen LogP contribution is 2.32. The highest BCUT2D eigenvalue weighted by molar-refractivity contribution is 5.67. The van der Waals surface area contributed by atoms with Gasteiger partial charge in [0, 0.05) is 25.2 Å². The number of carbonyl (C=O) groups excluding carboxylic acids is 1. The molecular formula is C13H24N2O2. The lowest BCUT2D eigenvalue weighted by atomic mass is 10.0. The van der Waals surface area contributed by atoms with Crippen LogP contribution in [0.5, 0.6) is 0 Å². The van der Waals surface area contributed by atoms with E-state index in [0.29, 0.717) is 18.7 Å². The van der Waals surface area contributed by atoms with Gasteiger partial charge < -0.3 is 15.0 Å². The number of nitrogens with zero attached hydrogens (tertiary/aromatic N) is 1. The summed E-state index contributed by atoms with van der Waals surface area (Å²) in [5.41, 5.74) is 0. The molecule has 4 nitrogen and oxygen atoms in total. The zero-order chi connectivity index (χ0) is 12.3. The van der Waals surface area contributed by atoms with E-state index in [4.69, 9.17) is 4.74 Å². The first-order valence-corrected chi connectivity index (χ1v) is 6.88. The molecule has 0 spiro atoms. The summed E-state index contributed by atoms with van der Waals surface area (Å²) in [4.78, 5) is 13.4. The molecule has 1 saturated carbocycles. The monoisotopic (exact) mass is 240 g/mol. The van der Waals surface area contributed by atoms with Gasteiger partial charge in [-0.25, -0.2) is 4.79 Å². The fraction of sp³-hybridized carbons (Fsp3) is 0.923. The van der Waals surface area contributed by atoms with E-state index in [0.717, 1.165) is 31.8 Å². The number of rotatable bonds is 4. The first kappa shape index (κ1) is 12.7. The Kier molecular flexibility index (Phi) is 4.26. The summed E-state index contributed by atoms with van der Waals surface area (Å²) in [5, 5.41) is 3.69. The summed E-state index contributed by atoms with van der Waals surface area (Å²) >= 11 is 0. The second kappa shape index (κ2) is 5.71. The van der Waals surface area contributed by atoms with Crippen molar-refractivity contribution in [1.82, 2.24) is 10.2 Å². The van der Waals surface area contributed by atoms with E-state index in [2.05, 4.69) is 12.2 Å². The van der Waals surface area contributed by atoms with Crippen LogP contribution >= 0.6 is 0 Å². The number of amides is 1. The van der Waals surface area contributed by atoms with E-state index >= 15 is 0 Å². The van der Waals surface area contributed by atoms with Gasteiger partial charge in [-0.1, -0.05) is 0 Å². The number of hydrogen-bond donors (Lipinski definition) is 1.